The summed E-state index contributed by atoms with van der Waals surface area (Å²) in [6.45, 7) is 2.13. The molecule has 0 amide bonds. The van der Waals surface area contributed by atoms with Gasteiger partial charge in [0.05, 0.1) is 6.04 Å². The summed E-state index contributed by atoms with van der Waals surface area (Å²) in [5.74, 6) is 0. The highest BCUT2D eigenvalue weighted by Gasteiger charge is 2.20. The number of aromatic amines is 1. The molecule has 0 bridgehead atoms. The largest absolute Gasteiger partial charge is 0.374 e. The van der Waals surface area contributed by atoms with E-state index >= 15 is 0 Å². The fourth-order valence-electron chi connectivity index (χ4n) is 3.24. The minimum atomic E-state index is 0.0391. The van der Waals surface area contributed by atoms with Crippen LogP contribution in [0, 0.1) is 6.92 Å². The molecule has 0 aliphatic heterocycles. The average molecular weight is 313 g/mol. The van der Waals surface area contributed by atoms with Gasteiger partial charge in [0.25, 0.3) is 0 Å². The highest BCUT2D eigenvalue weighted by atomic mass is 14.9. The van der Waals surface area contributed by atoms with E-state index in [0.29, 0.717) is 0 Å². The number of nitrogens with zero attached hydrogens (tertiary/aromatic N) is 1. The summed E-state index contributed by atoms with van der Waals surface area (Å²) >= 11 is 0. The van der Waals surface area contributed by atoms with Crippen molar-refractivity contribution in [1.29, 1.82) is 0 Å². The Bertz CT molecular complexity index is 943. The summed E-state index contributed by atoms with van der Waals surface area (Å²) < 4.78 is 0. The molecule has 2 heterocycles. The molecular weight excluding hydrogens is 294 g/mol. The molecule has 118 valence electrons. The lowest BCUT2D eigenvalue weighted by Gasteiger charge is -2.21. The highest BCUT2D eigenvalue weighted by Crippen LogP contribution is 2.34. The summed E-state index contributed by atoms with van der Waals surface area (Å²) in [6.07, 6.45) is 3.74. The van der Waals surface area contributed by atoms with E-state index in [2.05, 4.69) is 64.7 Å². The third-order valence-electron chi connectivity index (χ3n) is 4.33. The number of nitrogens with one attached hydrogen (secondary N) is 2. The van der Waals surface area contributed by atoms with Crippen LogP contribution in [-0.4, -0.2) is 9.97 Å². The van der Waals surface area contributed by atoms with E-state index in [1.54, 1.807) is 0 Å². The lowest BCUT2D eigenvalue weighted by atomic mass is 9.97. The first kappa shape index (κ1) is 14.5. The maximum Gasteiger partial charge on any atom is 0.0805 e. The smallest absolute Gasteiger partial charge is 0.0805 e. The maximum absolute atomic E-state index is 4.32. The summed E-state index contributed by atoms with van der Waals surface area (Å²) in [4.78, 5) is 7.82. The van der Waals surface area contributed by atoms with Gasteiger partial charge >= 0.3 is 0 Å². The van der Waals surface area contributed by atoms with Crippen molar-refractivity contribution < 1.29 is 0 Å². The molecule has 0 aliphatic rings. The van der Waals surface area contributed by atoms with E-state index in [9.17, 15) is 0 Å². The number of benzene rings is 2. The average Bonchev–Trinajstić information content (AvgIpc) is 2.97. The van der Waals surface area contributed by atoms with Crippen LogP contribution in [0.3, 0.4) is 0 Å². The summed E-state index contributed by atoms with van der Waals surface area (Å²) in [5.41, 5.74) is 5.84. The number of rotatable bonds is 4. The van der Waals surface area contributed by atoms with Gasteiger partial charge in [-0.1, -0.05) is 42.5 Å². The second-order valence-corrected chi connectivity index (χ2v) is 5.94. The van der Waals surface area contributed by atoms with Crippen molar-refractivity contribution in [3.63, 3.8) is 0 Å². The monoisotopic (exact) mass is 313 g/mol. The Labute approximate surface area is 141 Å². The molecule has 1 unspecified atom stereocenters. The zero-order valence-corrected chi connectivity index (χ0v) is 13.5. The molecule has 1 atom stereocenters. The fourth-order valence-corrected chi connectivity index (χ4v) is 3.24. The molecular formula is C21H19N3. The van der Waals surface area contributed by atoms with Gasteiger partial charge in [-0.2, -0.15) is 0 Å². The van der Waals surface area contributed by atoms with Crippen molar-refractivity contribution in [2.75, 3.05) is 5.32 Å². The predicted molar refractivity (Wildman–Crippen MR) is 99.2 cm³/mol. The zero-order valence-electron chi connectivity index (χ0n) is 13.5. The number of aromatic nitrogens is 2. The second kappa shape index (κ2) is 6.20. The minimum Gasteiger partial charge on any atom is -0.374 e. The van der Waals surface area contributed by atoms with Gasteiger partial charge in [-0.15, -0.1) is 0 Å². The lowest BCUT2D eigenvalue weighted by Crippen LogP contribution is -2.13. The third-order valence-corrected chi connectivity index (χ3v) is 4.33. The Kier molecular flexibility index (Phi) is 3.75. The molecule has 2 N–H and O–H groups in total. The van der Waals surface area contributed by atoms with E-state index < -0.39 is 0 Å². The molecule has 0 fully saturated rings. The Morgan fingerprint density at radius 1 is 0.917 bits per heavy atom. The van der Waals surface area contributed by atoms with Crippen LogP contribution in [0.4, 0.5) is 5.69 Å². The molecule has 24 heavy (non-hydrogen) atoms. The SMILES string of the molecule is Cc1[nH]c2ccccc2c1C(Nc1ccccc1)c1cccnc1. The van der Waals surface area contributed by atoms with Crippen LogP contribution in [0.1, 0.15) is 22.9 Å². The number of pyridine rings is 1. The van der Waals surface area contributed by atoms with Gasteiger partial charge in [0.1, 0.15) is 0 Å². The number of hydrogen-bond donors (Lipinski definition) is 2. The number of para-hydroxylation sites is 2. The summed E-state index contributed by atoms with van der Waals surface area (Å²) in [5, 5.41) is 4.91. The summed E-state index contributed by atoms with van der Waals surface area (Å²) in [7, 11) is 0. The van der Waals surface area contributed by atoms with Crippen molar-refractivity contribution in [3.8, 4) is 0 Å². The Morgan fingerprint density at radius 2 is 1.71 bits per heavy atom. The molecule has 2 aromatic carbocycles. The molecule has 0 aliphatic carbocycles. The highest BCUT2D eigenvalue weighted by molar-refractivity contribution is 5.86. The van der Waals surface area contributed by atoms with Gasteiger partial charge in [0.2, 0.25) is 0 Å². The van der Waals surface area contributed by atoms with Crippen LogP contribution < -0.4 is 5.32 Å². The van der Waals surface area contributed by atoms with E-state index in [4.69, 9.17) is 0 Å². The Balaban J connectivity index is 1.87. The standard InChI is InChI=1S/C21H19N3/c1-15-20(18-11-5-6-12-19(18)23-15)21(16-8-7-13-22-14-16)24-17-9-3-2-4-10-17/h2-14,21,23-24H,1H3. The molecule has 4 aromatic rings. The van der Waals surface area contributed by atoms with Crippen LogP contribution in [0.25, 0.3) is 10.9 Å². The first-order valence-electron chi connectivity index (χ1n) is 8.11. The van der Waals surface area contributed by atoms with Crippen LogP contribution >= 0.6 is 0 Å². The third kappa shape index (κ3) is 2.65. The number of anilines is 1. The fraction of sp³-hybridized carbons (Fsp3) is 0.0952. The van der Waals surface area contributed by atoms with Gasteiger partial charge < -0.3 is 10.3 Å². The van der Waals surface area contributed by atoms with Crippen molar-refractivity contribution in [2.24, 2.45) is 0 Å². The van der Waals surface area contributed by atoms with Gasteiger partial charge in [0, 0.05) is 40.2 Å². The van der Waals surface area contributed by atoms with Crippen molar-refractivity contribution in [3.05, 3.63) is 95.9 Å². The maximum atomic E-state index is 4.32. The molecule has 0 saturated carbocycles. The van der Waals surface area contributed by atoms with Crippen LogP contribution in [0.5, 0.6) is 0 Å². The van der Waals surface area contributed by atoms with Gasteiger partial charge in [-0.25, -0.2) is 0 Å². The number of aryl methyl sites for hydroxylation is 1. The second-order valence-electron chi connectivity index (χ2n) is 5.94. The Hall–Kier alpha value is -3.07. The topological polar surface area (TPSA) is 40.7 Å². The first-order chi connectivity index (χ1) is 11.8. The molecule has 2 aromatic heterocycles. The Morgan fingerprint density at radius 3 is 2.50 bits per heavy atom. The molecule has 0 radical (unpaired) electrons. The predicted octanol–water partition coefficient (Wildman–Crippen LogP) is 5.07. The molecule has 3 heteroatoms. The van der Waals surface area contributed by atoms with Gasteiger partial charge in [0.15, 0.2) is 0 Å². The van der Waals surface area contributed by atoms with E-state index in [1.165, 1.54) is 16.6 Å². The normalized spacial score (nSPS) is 12.2. The van der Waals surface area contributed by atoms with Crippen molar-refractivity contribution in [2.45, 2.75) is 13.0 Å². The van der Waals surface area contributed by atoms with E-state index in [1.807, 2.05) is 36.7 Å². The first-order valence-corrected chi connectivity index (χ1v) is 8.11. The zero-order chi connectivity index (χ0) is 16.4. The lowest BCUT2D eigenvalue weighted by molar-refractivity contribution is 0.923. The van der Waals surface area contributed by atoms with Crippen LogP contribution in [0.15, 0.2) is 79.1 Å². The minimum absolute atomic E-state index is 0.0391. The van der Waals surface area contributed by atoms with Crippen molar-refractivity contribution in [1.82, 2.24) is 9.97 Å². The number of fused-ring (bicyclic) bond motifs is 1. The number of hydrogen-bond acceptors (Lipinski definition) is 2. The molecule has 0 spiro atoms. The molecule has 4 rings (SSSR count). The van der Waals surface area contributed by atoms with Crippen LogP contribution in [0.2, 0.25) is 0 Å². The van der Waals surface area contributed by atoms with Crippen LogP contribution in [-0.2, 0) is 0 Å². The molecule has 0 saturated heterocycles. The molecule has 3 nitrogen and oxygen atoms in total. The quantitative estimate of drug-likeness (QED) is 0.552. The summed E-state index contributed by atoms with van der Waals surface area (Å²) in [6, 6.07) is 22.9. The van der Waals surface area contributed by atoms with E-state index in [0.717, 1.165) is 16.8 Å². The van der Waals surface area contributed by atoms with Crippen molar-refractivity contribution >= 4 is 16.6 Å². The van der Waals surface area contributed by atoms with Gasteiger partial charge in [-0.05, 0) is 36.8 Å². The van der Waals surface area contributed by atoms with Gasteiger partial charge in [-0.3, -0.25) is 4.98 Å². The van der Waals surface area contributed by atoms with E-state index in [-0.39, 0.29) is 6.04 Å². The number of H-pyrrole nitrogens is 1.